The van der Waals surface area contributed by atoms with E-state index in [9.17, 15) is 4.79 Å². The maximum absolute atomic E-state index is 12.0. The highest BCUT2D eigenvalue weighted by atomic mass is 16.7. The van der Waals surface area contributed by atoms with Crippen molar-refractivity contribution in [3.63, 3.8) is 0 Å². The first-order valence-electron chi connectivity index (χ1n) is 7.61. The van der Waals surface area contributed by atoms with Crippen LogP contribution in [0.5, 0.6) is 5.75 Å². The predicted molar refractivity (Wildman–Crippen MR) is 94.3 cm³/mol. The number of hydrogen-bond donors (Lipinski definition) is 1. The third kappa shape index (κ3) is 4.35. The Morgan fingerprint density at radius 3 is 2.00 bits per heavy atom. The van der Waals surface area contributed by atoms with E-state index in [0.29, 0.717) is 16.9 Å². The van der Waals surface area contributed by atoms with Crippen LogP contribution in [0, 0.1) is 0 Å². The largest absolute Gasteiger partial charge is 0.497 e. The molecule has 2 aromatic rings. The summed E-state index contributed by atoms with van der Waals surface area (Å²) in [5, 5.41) is 3.70. The Morgan fingerprint density at radius 1 is 0.958 bits per heavy atom. The Bertz CT molecular complexity index is 727. The Balaban J connectivity index is 2.05. The molecule has 2 aromatic carbocycles. The van der Waals surface area contributed by atoms with Crippen molar-refractivity contribution in [2.24, 2.45) is 10.9 Å². The highest BCUT2D eigenvalue weighted by Crippen LogP contribution is 2.22. The number of ether oxygens (including phenoxy) is 1. The fourth-order valence-electron chi connectivity index (χ4n) is 2.06. The monoisotopic (exact) mass is 326 g/mol. The van der Waals surface area contributed by atoms with Gasteiger partial charge in [-0.3, -0.25) is 0 Å². The number of oxime groups is 1. The third-order valence-electron chi connectivity index (χ3n) is 3.60. The van der Waals surface area contributed by atoms with E-state index in [1.807, 2.05) is 12.1 Å². The highest BCUT2D eigenvalue weighted by molar-refractivity contribution is 5.98. The molecule has 0 aliphatic rings. The second kappa shape index (κ2) is 7.17. The topological polar surface area (TPSA) is 73.9 Å². The number of amidine groups is 1. The summed E-state index contributed by atoms with van der Waals surface area (Å²) in [4.78, 5) is 17.0. The van der Waals surface area contributed by atoms with Crippen molar-refractivity contribution in [3.8, 4) is 5.75 Å². The van der Waals surface area contributed by atoms with Crippen molar-refractivity contribution in [2.75, 3.05) is 7.11 Å². The Morgan fingerprint density at radius 2 is 1.50 bits per heavy atom. The molecule has 0 fully saturated rings. The van der Waals surface area contributed by atoms with E-state index >= 15 is 0 Å². The zero-order valence-electron chi connectivity index (χ0n) is 14.4. The van der Waals surface area contributed by atoms with Gasteiger partial charge in [0.05, 0.1) is 12.7 Å². The minimum absolute atomic E-state index is 0.0272. The van der Waals surface area contributed by atoms with Crippen molar-refractivity contribution >= 4 is 11.8 Å². The second-order valence-corrected chi connectivity index (χ2v) is 6.41. The first-order valence-corrected chi connectivity index (χ1v) is 7.61. The van der Waals surface area contributed by atoms with Crippen molar-refractivity contribution in [1.82, 2.24) is 0 Å². The highest BCUT2D eigenvalue weighted by Gasteiger charge is 2.15. The zero-order valence-corrected chi connectivity index (χ0v) is 14.4. The number of nitrogens with two attached hydrogens (primary N) is 1. The minimum atomic E-state index is -0.549. The molecular weight excluding hydrogens is 304 g/mol. The average molecular weight is 326 g/mol. The quantitative estimate of drug-likeness (QED) is 0.404. The Hall–Kier alpha value is -2.82. The smallest absolute Gasteiger partial charge is 0.365 e. The summed E-state index contributed by atoms with van der Waals surface area (Å²) in [5.74, 6) is 0.284. The first kappa shape index (κ1) is 17.5. The molecule has 0 amide bonds. The van der Waals surface area contributed by atoms with Gasteiger partial charge in [0.2, 0.25) is 0 Å². The van der Waals surface area contributed by atoms with Crippen LogP contribution >= 0.6 is 0 Å². The Kier molecular flexibility index (Phi) is 5.24. The zero-order chi connectivity index (χ0) is 17.7. The van der Waals surface area contributed by atoms with Crippen molar-refractivity contribution in [2.45, 2.75) is 26.2 Å². The van der Waals surface area contributed by atoms with Crippen LogP contribution < -0.4 is 10.5 Å². The molecule has 0 unspecified atom stereocenters. The van der Waals surface area contributed by atoms with E-state index in [1.54, 1.807) is 43.5 Å². The van der Waals surface area contributed by atoms with E-state index in [1.165, 1.54) is 0 Å². The lowest BCUT2D eigenvalue weighted by atomic mass is 9.87. The molecule has 0 bridgehead atoms. The number of hydrogen-bond acceptors (Lipinski definition) is 4. The van der Waals surface area contributed by atoms with Crippen molar-refractivity contribution in [3.05, 3.63) is 65.2 Å². The molecule has 0 spiro atoms. The number of carbonyl (C=O) groups is 1. The number of carbonyl (C=O) groups excluding carboxylic acids is 1. The van der Waals surface area contributed by atoms with E-state index in [0.717, 1.165) is 5.56 Å². The molecule has 2 N–H and O–H groups in total. The van der Waals surface area contributed by atoms with Crippen LogP contribution in [0.2, 0.25) is 0 Å². The van der Waals surface area contributed by atoms with Crippen LogP contribution in [0.4, 0.5) is 0 Å². The molecule has 0 saturated carbocycles. The van der Waals surface area contributed by atoms with Crippen LogP contribution in [-0.2, 0) is 10.3 Å². The summed E-state index contributed by atoms with van der Waals surface area (Å²) in [6.07, 6.45) is 0. The normalized spacial score (nSPS) is 11.9. The number of nitrogens with zero attached hydrogens (tertiary/aromatic N) is 1. The van der Waals surface area contributed by atoms with Gasteiger partial charge in [-0.1, -0.05) is 38.1 Å². The lowest BCUT2D eigenvalue weighted by Crippen LogP contribution is -2.15. The van der Waals surface area contributed by atoms with Crippen LogP contribution in [0.15, 0.2) is 53.7 Å². The van der Waals surface area contributed by atoms with E-state index in [-0.39, 0.29) is 11.3 Å². The summed E-state index contributed by atoms with van der Waals surface area (Å²) in [6, 6.07) is 14.3. The SMILES string of the molecule is COc1ccc(/C(N)=N/OC(=O)c2ccc(C(C)(C)C)cc2)cc1. The summed E-state index contributed by atoms with van der Waals surface area (Å²) in [7, 11) is 1.58. The number of methoxy groups -OCH3 is 1. The van der Waals surface area contributed by atoms with Crippen LogP contribution in [-0.4, -0.2) is 18.9 Å². The fraction of sp³-hybridized carbons (Fsp3) is 0.263. The number of benzene rings is 2. The first-order chi connectivity index (χ1) is 11.3. The van der Waals surface area contributed by atoms with Gasteiger partial charge in [-0.15, -0.1) is 0 Å². The van der Waals surface area contributed by atoms with Gasteiger partial charge >= 0.3 is 5.97 Å². The molecule has 24 heavy (non-hydrogen) atoms. The van der Waals surface area contributed by atoms with E-state index in [4.69, 9.17) is 15.3 Å². The van der Waals surface area contributed by atoms with Gasteiger partial charge in [-0.2, -0.15) is 0 Å². The number of rotatable bonds is 4. The second-order valence-electron chi connectivity index (χ2n) is 6.41. The molecule has 0 aliphatic heterocycles. The van der Waals surface area contributed by atoms with Gasteiger partial charge in [0, 0.05) is 5.56 Å². The Labute approximate surface area is 142 Å². The molecule has 5 nitrogen and oxygen atoms in total. The molecule has 0 aliphatic carbocycles. The maximum Gasteiger partial charge on any atom is 0.365 e. The predicted octanol–water partition coefficient (Wildman–Crippen LogP) is 3.47. The summed E-state index contributed by atoms with van der Waals surface area (Å²) < 4.78 is 5.07. The van der Waals surface area contributed by atoms with Gasteiger partial charge in [0.1, 0.15) is 5.75 Å². The van der Waals surface area contributed by atoms with Crippen LogP contribution in [0.3, 0.4) is 0 Å². The molecule has 126 valence electrons. The summed E-state index contributed by atoms with van der Waals surface area (Å²) in [6.45, 7) is 6.33. The lowest BCUT2D eigenvalue weighted by Gasteiger charge is -2.18. The molecule has 0 heterocycles. The summed E-state index contributed by atoms with van der Waals surface area (Å²) in [5.41, 5.74) is 8.06. The lowest BCUT2D eigenvalue weighted by molar-refractivity contribution is 0.0516. The third-order valence-corrected chi connectivity index (χ3v) is 3.60. The van der Waals surface area contributed by atoms with Crippen molar-refractivity contribution in [1.29, 1.82) is 0 Å². The van der Waals surface area contributed by atoms with Crippen LogP contribution in [0.1, 0.15) is 42.3 Å². The molecule has 0 radical (unpaired) electrons. The molecule has 0 aromatic heterocycles. The van der Waals surface area contributed by atoms with Gasteiger partial charge in [0.15, 0.2) is 5.84 Å². The van der Waals surface area contributed by atoms with Gasteiger partial charge in [-0.25, -0.2) is 4.79 Å². The van der Waals surface area contributed by atoms with E-state index in [2.05, 4.69) is 25.9 Å². The molecule has 0 saturated heterocycles. The van der Waals surface area contributed by atoms with Gasteiger partial charge in [0.25, 0.3) is 0 Å². The average Bonchev–Trinajstić information content (AvgIpc) is 2.58. The van der Waals surface area contributed by atoms with Gasteiger partial charge in [-0.05, 0) is 47.4 Å². The standard InChI is InChI=1S/C19H22N2O3/c1-19(2,3)15-9-5-14(6-10-15)18(22)24-21-17(20)13-7-11-16(23-4)12-8-13/h5-12H,1-4H3,(H2,20,21). The van der Waals surface area contributed by atoms with Crippen molar-refractivity contribution < 1.29 is 14.4 Å². The molecule has 5 heteroatoms. The minimum Gasteiger partial charge on any atom is -0.497 e. The maximum atomic E-state index is 12.0. The molecule has 0 atom stereocenters. The van der Waals surface area contributed by atoms with E-state index < -0.39 is 5.97 Å². The summed E-state index contributed by atoms with van der Waals surface area (Å²) >= 11 is 0. The fourth-order valence-corrected chi connectivity index (χ4v) is 2.06. The van der Waals surface area contributed by atoms with Gasteiger partial charge < -0.3 is 15.3 Å². The molecular formula is C19H22N2O3. The molecule has 2 rings (SSSR count). The van der Waals surface area contributed by atoms with Crippen LogP contribution in [0.25, 0.3) is 0 Å².